The van der Waals surface area contributed by atoms with E-state index in [9.17, 15) is 4.79 Å². The number of nitrogens with zero attached hydrogens (tertiary/aromatic N) is 2. The van der Waals surface area contributed by atoms with Crippen LogP contribution in [-0.4, -0.2) is 42.9 Å². The van der Waals surface area contributed by atoms with Gasteiger partial charge in [0.15, 0.2) is 5.96 Å². The van der Waals surface area contributed by atoms with Crippen LogP contribution in [-0.2, 0) is 17.9 Å². The summed E-state index contributed by atoms with van der Waals surface area (Å²) in [7, 11) is 0. The fraction of sp³-hybridized carbons (Fsp3) is 0.619. The number of primary amides is 1. The third-order valence-electron chi connectivity index (χ3n) is 4.75. The third-order valence-corrected chi connectivity index (χ3v) is 4.75. The Morgan fingerprint density at radius 1 is 1.33 bits per heavy atom. The number of piperidine rings is 1. The quantitative estimate of drug-likeness (QED) is 0.481. The van der Waals surface area contributed by atoms with E-state index in [4.69, 9.17) is 10.7 Å². The summed E-state index contributed by atoms with van der Waals surface area (Å²) in [6, 6.07) is 8.55. The minimum atomic E-state index is -0.173. The normalized spacial score (nSPS) is 18.5. The summed E-state index contributed by atoms with van der Waals surface area (Å²) in [6.45, 7) is 11.5. The number of carbonyl (C=O) groups excluding carboxylic acids is 1. The summed E-state index contributed by atoms with van der Waals surface area (Å²) < 4.78 is 0. The summed E-state index contributed by atoms with van der Waals surface area (Å²) in [5, 5.41) is 6.66. The van der Waals surface area contributed by atoms with Crippen molar-refractivity contribution in [2.24, 2.45) is 22.6 Å². The van der Waals surface area contributed by atoms with Gasteiger partial charge in [0.05, 0.1) is 12.5 Å². The van der Waals surface area contributed by atoms with Crippen LogP contribution in [0.2, 0.25) is 0 Å². The maximum Gasteiger partial charge on any atom is 0.221 e. The molecule has 1 atom stereocenters. The summed E-state index contributed by atoms with van der Waals surface area (Å²) in [5.74, 6) is 1.25. The lowest BCUT2D eigenvalue weighted by Crippen LogP contribution is -2.40. The summed E-state index contributed by atoms with van der Waals surface area (Å²) in [4.78, 5) is 18.5. The number of hydrogen-bond donors (Lipinski definition) is 3. The molecule has 1 heterocycles. The van der Waals surface area contributed by atoms with E-state index in [0.29, 0.717) is 12.5 Å². The van der Waals surface area contributed by atoms with Gasteiger partial charge in [0.25, 0.3) is 0 Å². The molecule has 1 aliphatic heterocycles. The second-order valence-corrected chi connectivity index (χ2v) is 7.77. The lowest BCUT2D eigenvalue weighted by molar-refractivity contribution is -0.123. The average Bonchev–Trinajstić information content (AvgIpc) is 2.64. The standard InChI is InChI=1S/C21H35N5O/c1-4-23-21(24-12-16(2)3)25-13-17-7-5-8-18(11-17)14-26-10-6-9-19(15-26)20(22)27/h5,7-8,11,16,19H,4,6,9-10,12-15H2,1-3H3,(H2,22,27)(H2,23,24,25). The molecular weight excluding hydrogens is 338 g/mol. The molecule has 0 aliphatic carbocycles. The van der Waals surface area contributed by atoms with E-state index in [0.717, 1.165) is 51.5 Å². The van der Waals surface area contributed by atoms with Crippen LogP contribution < -0.4 is 16.4 Å². The first-order chi connectivity index (χ1) is 13.0. The third kappa shape index (κ3) is 7.59. The lowest BCUT2D eigenvalue weighted by Gasteiger charge is -2.31. The molecule has 1 aromatic rings. The number of guanidine groups is 1. The van der Waals surface area contributed by atoms with Crippen LogP contribution in [0.3, 0.4) is 0 Å². The molecule has 1 fully saturated rings. The first-order valence-corrected chi connectivity index (χ1v) is 10.1. The van der Waals surface area contributed by atoms with Crippen molar-refractivity contribution >= 4 is 11.9 Å². The molecule has 6 heteroatoms. The molecule has 0 aromatic heterocycles. The van der Waals surface area contributed by atoms with E-state index in [1.54, 1.807) is 0 Å². The Balaban J connectivity index is 1.95. The van der Waals surface area contributed by atoms with Crippen molar-refractivity contribution in [1.82, 2.24) is 15.5 Å². The topological polar surface area (TPSA) is 82.8 Å². The molecule has 0 saturated carbocycles. The van der Waals surface area contributed by atoms with E-state index < -0.39 is 0 Å². The van der Waals surface area contributed by atoms with Gasteiger partial charge < -0.3 is 16.4 Å². The number of nitrogens with one attached hydrogen (secondary N) is 2. The highest BCUT2D eigenvalue weighted by Gasteiger charge is 2.23. The first-order valence-electron chi connectivity index (χ1n) is 10.1. The van der Waals surface area contributed by atoms with Gasteiger partial charge in [-0.05, 0) is 43.4 Å². The highest BCUT2D eigenvalue weighted by molar-refractivity contribution is 5.79. The highest BCUT2D eigenvalue weighted by atomic mass is 16.1. The van der Waals surface area contributed by atoms with Crippen molar-refractivity contribution in [1.29, 1.82) is 0 Å². The van der Waals surface area contributed by atoms with Crippen LogP contribution in [0.4, 0.5) is 0 Å². The van der Waals surface area contributed by atoms with Gasteiger partial charge >= 0.3 is 0 Å². The van der Waals surface area contributed by atoms with E-state index in [-0.39, 0.29) is 11.8 Å². The molecule has 1 amide bonds. The smallest absolute Gasteiger partial charge is 0.221 e. The van der Waals surface area contributed by atoms with E-state index >= 15 is 0 Å². The van der Waals surface area contributed by atoms with Gasteiger partial charge in [-0.1, -0.05) is 38.1 Å². The van der Waals surface area contributed by atoms with Crippen LogP contribution in [0.25, 0.3) is 0 Å². The average molecular weight is 374 g/mol. The van der Waals surface area contributed by atoms with Gasteiger partial charge in [-0.3, -0.25) is 9.69 Å². The maximum absolute atomic E-state index is 11.5. The largest absolute Gasteiger partial charge is 0.369 e. The number of rotatable bonds is 8. The Morgan fingerprint density at radius 2 is 2.11 bits per heavy atom. The Bertz CT molecular complexity index is 629. The molecule has 4 N–H and O–H groups in total. The van der Waals surface area contributed by atoms with Crippen molar-refractivity contribution in [2.75, 3.05) is 26.2 Å². The molecular formula is C21H35N5O. The second-order valence-electron chi connectivity index (χ2n) is 7.77. The van der Waals surface area contributed by atoms with Crippen molar-refractivity contribution in [3.8, 4) is 0 Å². The van der Waals surface area contributed by atoms with Crippen LogP contribution >= 0.6 is 0 Å². The summed E-state index contributed by atoms with van der Waals surface area (Å²) in [5.41, 5.74) is 7.94. The van der Waals surface area contributed by atoms with Crippen LogP contribution in [0, 0.1) is 11.8 Å². The van der Waals surface area contributed by atoms with Gasteiger partial charge in [-0.2, -0.15) is 0 Å². The first kappa shape index (κ1) is 21.2. The second kappa shape index (κ2) is 10.9. The Labute approximate surface area is 163 Å². The molecule has 1 saturated heterocycles. The van der Waals surface area contributed by atoms with Crippen molar-refractivity contribution in [3.05, 3.63) is 35.4 Å². The molecule has 0 bridgehead atoms. The highest BCUT2D eigenvalue weighted by Crippen LogP contribution is 2.19. The molecule has 27 heavy (non-hydrogen) atoms. The zero-order valence-corrected chi connectivity index (χ0v) is 17.0. The summed E-state index contributed by atoms with van der Waals surface area (Å²) in [6.07, 6.45) is 1.95. The van der Waals surface area contributed by atoms with Crippen LogP contribution in [0.5, 0.6) is 0 Å². The van der Waals surface area contributed by atoms with Gasteiger partial charge in [-0.15, -0.1) is 0 Å². The molecule has 0 spiro atoms. The number of hydrogen-bond acceptors (Lipinski definition) is 3. The van der Waals surface area contributed by atoms with Crippen molar-refractivity contribution in [3.63, 3.8) is 0 Å². The molecule has 1 aliphatic rings. The zero-order valence-electron chi connectivity index (χ0n) is 17.0. The lowest BCUT2D eigenvalue weighted by atomic mass is 9.97. The predicted octanol–water partition coefficient (Wildman–Crippen LogP) is 2.10. The molecule has 1 unspecified atom stereocenters. The van der Waals surface area contributed by atoms with Crippen LogP contribution in [0.1, 0.15) is 44.7 Å². The Kier molecular flexibility index (Phi) is 8.58. The molecule has 150 valence electrons. The zero-order chi connectivity index (χ0) is 19.6. The number of aliphatic imine (C=N–C) groups is 1. The Hall–Kier alpha value is -2.08. The van der Waals surface area contributed by atoms with Crippen LogP contribution in [0.15, 0.2) is 29.3 Å². The van der Waals surface area contributed by atoms with Gasteiger partial charge in [0, 0.05) is 26.2 Å². The predicted molar refractivity (Wildman–Crippen MR) is 111 cm³/mol. The van der Waals surface area contributed by atoms with Crippen molar-refractivity contribution < 1.29 is 4.79 Å². The van der Waals surface area contributed by atoms with Crippen molar-refractivity contribution in [2.45, 2.75) is 46.7 Å². The number of benzene rings is 1. The number of amides is 1. The summed E-state index contributed by atoms with van der Waals surface area (Å²) >= 11 is 0. The van der Waals surface area contributed by atoms with Gasteiger partial charge in [-0.25, -0.2) is 4.99 Å². The number of carbonyl (C=O) groups is 1. The molecule has 0 radical (unpaired) electrons. The van der Waals surface area contributed by atoms with E-state index in [2.05, 4.69) is 60.6 Å². The van der Waals surface area contributed by atoms with E-state index in [1.165, 1.54) is 11.1 Å². The fourth-order valence-corrected chi connectivity index (χ4v) is 3.33. The maximum atomic E-state index is 11.5. The molecule has 2 rings (SSSR count). The number of nitrogens with two attached hydrogens (primary N) is 1. The van der Waals surface area contributed by atoms with Gasteiger partial charge in [0.1, 0.15) is 0 Å². The SMILES string of the molecule is CCNC(=NCc1cccc(CN2CCCC(C(N)=O)C2)c1)NCC(C)C. The molecule has 6 nitrogen and oxygen atoms in total. The minimum Gasteiger partial charge on any atom is -0.369 e. The van der Waals surface area contributed by atoms with Gasteiger partial charge in [0.2, 0.25) is 5.91 Å². The minimum absolute atomic E-state index is 0.0127. The number of likely N-dealkylation sites (tertiary alicyclic amines) is 1. The Morgan fingerprint density at radius 3 is 2.81 bits per heavy atom. The van der Waals surface area contributed by atoms with E-state index in [1.807, 2.05) is 0 Å². The fourth-order valence-electron chi connectivity index (χ4n) is 3.33. The molecule has 1 aromatic carbocycles. The monoisotopic (exact) mass is 373 g/mol.